The smallest absolute Gasteiger partial charge is 0.411 e. The summed E-state index contributed by atoms with van der Waals surface area (Å²) < 4.78 is 16.6. The summed E-state index contributed by atoms with van der Waals surface area (Å²) in [5.41, 5.74) is -0.378. The van der Waals surface area contributed by atoms with Gasteiger partial charge in [-0.15, -0.1) is 0 Å². The lowest BCUT2D eigenvalue weighted by molar-refractivity contribution is -0.536. The molecule has 1 aliphatic rings. The highest BCUT2D eigenvalue weighted by atomic mass is 16.6. The van der Waals surface area contributed by atoms with Crippen molar-refractivity contribution in [1.82, 2.24) is 9.88 Å². The minimum absolute atomic E-state index is 0.0711. The summed E-state index contributed by atoms with van der Waals surface area (Å²) in [6.45, 7) is 14.1. The van der Waals surface area contributed by atoms with Crippen molar-refractivity contribution in [2.45, 2.75) is 85.7 Å². The number of hydrogen-bond donors (Lipinski definition) is 0. The molecule has 0 spiro atoms. The lowest BCUT2D eigenvalue weighted by Gasteiger charge is -2.33. The molecule has 2 rings (SSSR count). The van der Waals surface area contributed by atoms with Crippen LogP contribution in [0.1, 0.15) is 67.0 Å². The van der Waals surface area contributed by atoms with Crippen molar-refractivity contribution in [2.24, 2.45) is 11.3 Å². The van der Waals surface area contributed by atoms with E-state index in [2.05, 4.69) is 4.98 Å². The SMILES string of the molecule is CCOC(=O)[C@@H]1[C@@H](C(C)(C)C)[C@H]([N+](=O)[O-])[C@H](c2cccnc2OC(C)C)N1C(=O)OC(C)C. The van der Waals surface area contributed by atoms with Crippen LogP contribution in [-0.4, -0.2) is 57.8 Å². The van der Waals surface area contributed by atoms with E-state index in [4.69, 9.17) is 14.2 Å². The van der Waals surface area contributed by atoms with Gasteiger partial charge in [-0.2, -0.15) is 0 Å². The molecule has 1 fully saturated rings. The quantitative estimate of drug-likeness (QED) is 0.336. The molecule has 1 saturated heterocycles. The molecular formula is C23H35N3O7. The maximum atomic E-state index is 13.3. The van der Waals surface area contributed by atoms with Crippen molar-refractivity contribution < 1.29 is 28.7 Å². The first-order valence-electron chi connectivity index (χ1n) is 11.2. The van der Waals surface area contributed by atoms with E-state index in [1.807, 2.05) is 34.6 Å². The van der Waals surface area contributed by atoms with Gasteiger partial charge in [0.15, 0.2) is 0 Å². The minimum atomic E-state index is -1.32. The molecule has 1 aliphatic heterocycles. The number of ether oxygens (including phenoxy) is 3. The lowest BCUT2D eigenvalue weighted by Crippen LogP contribution is -2.48. The maximum Gasteiger partial charge on any atom is 0.411 e. The van der Waals surface area contributed by atoms with E-state index < -0.39 is 52.5 Å². The number of pyridine rings is 1. The maximum absolute atomic E-state index is 13.3. The van der Waals surface area contributed by atoms with Crippen molar-refractivity contribution >= 4 is 12.1 Å². The molecular weight excluding hydrogens is 430 g/mol. The molecule has 0 saturated carbocycles. The Morgan fingerprint density at radius 1 is 1.21 bits per heavy atom. The van der Waals surface area contributed by atoms with E-state index >= 15 is 0 Å². The molecule has 1 aromatic heterocycles. The molecule has 2 heterocycles. The second-order valence-corrected chi connectivity index (χ2v) is 9.71. The van der Waals surface area contributed by atoms with Crippen molar-refractivity contribution in [1.29, 1.82) is 0 Å². The summed E-state index contributed by atoms with van der Waals surface area (Å²) in [4.78, 5) is 44.0. The summed E-state index contributed by atoms with van der Waals surface area (Å²) >= 11 is 0. The molecule has 10 heteroatoms. The predicted molar refractivity (Wildman–Crippen MR) is 120 cm³/mol. The van der Waals surface area contributed by atoms with Gasteiger partial charge in [-0.1, -0.05) is 20.8 Å². The average Bonchev–Trinajstić information content (AvgIpc) is 3.04. The van der Waals surface area contributed by atoms with Crippen LogP contribution in [0.25, 0.3) is 0 Å². The third kappa shape index (κ3) is 5.72. The third-order valence-corrected chi connectivity index (χ3v) is 5.42. The number of nitrogens with zero attached hydrogens (tertiary/aromatic N) is 3. The van der Waals surface area contributed by atoms with Gasteiger partial charge < -0.3 is 14.2 Å². The van der Waals surface area contributed by atoms with Gasteiger partial charge in [0.05, 0.1) is 24.7 Å². The molecule has 33 heavy (non-hydrogen) atoms. The minimum Gasteiger partial charge on any atom is -0.475 e. The molecule has 10 nitrogen and oxygen atoms in total. The van der Waals surface area contributed by atoms with Gasteiger partial charge in [0.2, 0.25) is 11.9 Å². The fourth-order valence-corrected chi connectivity index (χ4v) is 4.39. The van der Waals surface area contributed by atoms with E-state index in [0.29, 0.717) is 5.56 Å². The molecule has 1 amide bonds. The van der Waals surface area contributed by atoms with Crippen molar-refractivity contribution in [3.8, 4) is 5.88 Å². The lowest BCUT2D eigenvalue weighted by atomic mass is 9.73. The average molecular weight is 466 g/mol. The fourth-order valence-electron chi connectivity index (χ4n) is 4.39. The summed E-state index contributed by atoms with van der Waals surface area (Å²) in [7, 11) is 0. The third-order valence-electron chi connectivity index (χ3n) is 5.42. The monoisotopic (exact) mass is 465 g/mol. The zero-order chi connectivity index (χ0) is 25.1. The van der Waals surface area contributed by atoms with Gasteiger partial charge >= 0.3 is 12.1 Å². The first-order chi connectivity index (χ1) is 15.3. The van der Waals surface area contributed by atoms with Crippen LogP contribution >= 0.6 is 0 Å². The van der Waals surface area contributed by atoms with Gasteiger partial charge in [-0.05, 0) is 52.2 Å². The predicted octanol–water partition coefficient (Wildman–Crippen LogP) is 4.01. The number of carbonyl (C=O) groups is 2. The van der Waals surface area contributed by atoms with Crippen LogP contribution in [-0.2, 0) is 14.3 Å². The number of likely N-dealkylation sites (tertiary alicyclic amines) is 1. The zero-order valence-electron chi connectivity index (χ0n) is 20.6. The highest BCUT2D eigenvalue weighted by Crippen LogP contribution is 2.51. The normalized spacial score (nSPS) is 23.0. The summed E-state index contributed by atoms with van der Waals surface area (Å²) in [6.07, 6.45) is -0.0717. The molecule has 0 radical (unpaired) electrons. The number of hydrogen-bond acceptors (Lipinski definition) is 8. The Bertz CT molecular complexity index is 866. The van der Waals surface area contributed by atoms with Crippen LogP contribution in [0.2, 0.25) is 0 Å². The van der Waals surface area contributed by atoms with Crippen LogP contribution in [0.15, 0.2) is 18.3 Å². The fraction of sp³-hybridized carbons (Fsp3) is 0.696. The van der Waals surface area contributed by atoms with Crippen LogP contribution in [0.4, 0.5) is 4.79 Å². The Kier molecular flexibility index (Phi) is 8.26. The number of nitro groups is 1. The van der Waals surface area contributed by atoms with Crippen LogP contribution in [0.5, 0.6) is 5.88 Å². The second kappa shape index (κ2) is 10.4. The molecule has 0 unspecified atom stereocenters. The Labute approximate surface area is 194 Å². The molecule has 1 aromatic rings. The van der Waals surface area contributed by atoms with Crippen molar-refractivity contribution in [2.75, 3.05) is 6.61 Å². The molecule has 0 aromatic carbocycles. The Morgan fingerprint density at radius 3 is 2.33 bits per heavy atom. The van der Waals surface area contributed by atoms with E-state index in [1.54, 1.807) is 32.9 Å². The van der Waals surface area contributed by atoms with E-state index in [1.165, 1.54) is 6.20 Å². The topological polar surface area (TPSA) is 121 Å². The van der Waals surface area contributed by atoms with E-state index in [0.717, 1.165) is 4.90 Å². The Morgan fingerprint density at radius 2 is 1.85 bits per heavy atom. The Balaban J connectivity index is 2.83. The standard InChI is InChI=1S/C23H35N3O7/c1-9-31-21(27)19-16(23(6,7)8)18(26(29)30)17(25(19)22(28)33-14(4)5)15-11-10-12-24-20(15)32-13(2)3/h10-14,16-19H,9H2,1-8H3/t16-,17-,18-,19-/m0/s1. The number of carbonyl (C=O) groups excluding carboxylic acids is 2. The number of rotatable bonds is 7. The highest BCUT2D eigenvalue weighted by molar-refractivity contribution is 5.83. The summed E-state index contributed by atoms with van der Waals surface area (Å²) in [5.74, 6) is -1.39. The van der Waals surface area contributed by atoms with Crippen molar-refractivity contribution in [3.63, 3.8) is 0 Å². The first-order valence-corrected chi connectivity index (χ1v) is 11.2. The number of aromatic nitrogens is 1. The van der Waals surface area contributed by atoms with E-state index in [-0.39, 0.29) is 18.6 Å². The molecule has 0 aliphatic carbocycles. The Hall–Kier alpha value is -2.91. The molecule has 0 bridgehead atoms. The van der Waals surface area contributed by atoms with Crippen LogP contribution in [0.3, 0.4) is 0 Å². The van der Waals surface area contributed by atoms with Gasteiger partial charge in [-0.25, -0.2) is 14.6 Å². The van der Waals surface area contributed by atoms with Crippen LogP contribution < -0.4 is 4.74 Å². The van der Waals surface area contributed by atoms with Gasteiger partial charge in [0, 0.05) is 16.7 Å². The zero-order valence-corrected chi connectivity index (χ0v) is 20.6. The summed E-state index contributed by atoms with van der Waals surface area (Å²) in [6, 6.07) is -0.432. The molecule has 184 valence electrons. The van der Waals surface area contributed by atoms with E-state index in [9.17, 15) is 19.7 Å². The largest absolute Gasteiger partial charge is 0.475 e. The highest BCUT2D eigenvalue weighted by Gasteiger charge is 2.65. The van der Waals surface area contributed by atoms with Crippen molar-refractivity contribution in [3.05, 3.63) is 34.0 Å². The van der Waals surface area contributed by atoms with Gasteiger partial charge in [0.1, 0.15) is 12.1 Å². The van der Waals surface area contributed by atoms with Gasteiger partial charge in [0.25, 0.3) is 0 Å². The molecule has 0 N–H and O–H groups in total. The summed E-state index contributed by atoms with van der Waals surface area (Å²) in [5, 5.41) is 12.5. The van der Waals surface area contributed by atoms with Crippen LogP contribution in [0, 0.1) is 21.4 Å². The molecule has 4 atom stereocenters. The first kappa shape index (κ1) is 26.3. The number of esters is 1. The van der Waals surface area contributed by atoms with Gasteiger partial charge in [-0.3, -0.25) is 15.0 Å². The second-order valence-electron chi connectivity index (χ2n) is 9.71. The number of amides is 1.